The van der Waals surface area contributed by atoms with E-state index in [9.17, 15) is 35.4 Å². The highest BCUT2D eigenvalue weighted by Gasteiger charge is 2.58. The van der Waals surface area contributed by atoms with Gasteiger partial charge in [-0.25, -0.2) is 4.79 Å². The monoisotopic (exact) mass is 940 g/mol. The van der Waals surface area contributed by atoms with Crippen LogP contribution < -0.4 is 0 Å². The average Bonchev–Trinajstić information content (AvgIpc) is 3.51. The minimum atomic E-state index is -2.07. The van der Waals surface area contributed by atoms with Crippen LogP contribution in [-0.4, -0.2) is 158 Å². The fraction of sp³-hybridized carbons (Fsp3) is 0.902. The number of methoxy groups -OCH3 is 1. The Morgan fingerprint density at radius 3 is 2.24 bits per heavy atom. The van der Waals surface area contributed by atoms with Gasteiger partial charge in [0.25, 0.3) is 0 Å². The summed E-state index contributed by atoms with van der Waals surface area (Å²) in [6.45, 7) is 16.4. The number of nitrogens with zero attached hydrogens (tertiary/aromatic N) is 1. The molecule has 5 aliphatic rings. The van der Waals surface area contributed by atoms with Crippen LogP contribution in [0.4, 0.5) is 0 Å². The van der Waals surface area contributed by atoms with Gasteiger partial charge in [0, 0.05) is 56.2 Å². The van der Waals surface area contributed by atoms with Crippen molar-refractivity contribution >= 4 is 5.97 Å². The molecule has 0 aromatic carbocycles. The highest BCUT2D eigenvalue weighted by molar-refractivity contribution is 5.82. The molecule has 5 heterocycles. The second-order valence-electron chi connectivity index (χ2n) is 22.1. The summed E-state index contributed by atoms with van der Waals surface area (Å²) in [7, 11) is 5.61. The summed E-state index contributed by atoms with van der Waals surface area (Å²) in [5, 5.41) is 69.8. The van der Waals surface area contributed by atoms with Gasteiger partial charge in [0.2, 0.25) is 0 Å². The predicted molar refractivity (Wildman–Crippen MR) is 249 cm³/mol. The van der Waals surface area contributed by atoms with E-state index in [-0.39, 0.29) is 48.8 Å². The minimum Gasteiger partial charge on any atom is -0.459 e. The molecule has 19 atom stereocenters. The van der Waals surface area contributed by atoms with Crippen LogP contribution in [0.2, 0.25) is 0 Å². The van der Waals surface area contributed by atoms with Crippen molar-refractivity contribution in [1.82, 2.24) is 4.90 Å². The third-order valence-electron chi connectivity index (χ3n) is 15.8. The summed E-state index contributed by atoms with van der Waals surface area (Å²) >= 11 is 0. The maximum Gasteiger partial charge on any atom is 0.330 e. The second kappa shape index (κ2) is 22.7. The summed E-state index contributed by atoms with van der Waals surface area (Å²) in [5.74, 6) is -4.40. The zero-order valence-electron chi connectivity index (χ0n) is 42.3. The first kappa shape index (κ1) is 55.4. The zero-order valence-corrected chi connectivity index (χ0v) is 42.3. The predicted octanol–water partition coefficient (Wildman–Crippen LogP) is 5.68. The number of ether oxygens (including phenoxy) is 7. The van der Waals surface area contributed by atoms with E-state index in [1.807, 2.05) is 34.9 Å². The molecule has 0 aromatic heterocycles. The standard InChI is InChI=1S/C51H89NO14/c1-13-36(53)27-38-31(2)22-26-50(64-38)29-39-32(3)40(65-50)30-51(60-12)35(28-47(6,7)66-51)19-17-15-14-16-18-24-48(8,58)46(57)44(63-42-21-20-37(52(10)11)34(5)61-42)43(55)33(4)45(56)49(9,59)25-23-41(54)62-39/h17,19,23,25,31-40,42-46,53,55-59H,13-16,18,20-22,24,26-30H2,1-12H3/b19-17+,25-23+/t31-,32-,33-,34-,35-,36-,37+,38-,39-,40-,42-,43-,44-,45+,46+,48-,49-,50-,51+/m0/s1. The number of aliphatic hydroxyl groups is 6. The lowest BCUT2D eigenvalue weighted by atomic mass is 9.79. The Kier molecular flexibility index (Phi) is 19.0. The van der Waals surface area contributed by atoms with Gasteiger partial charge in [-0.15, -0.1) is 0 Å². The summed E-state index contributed by atoms with van der Waals surface area (Å²) < 4.78 is 46.0. The molecule has 2 bridgehead atoms. The zero-order chi connectivity index (χ0) is 49.0. The highest BCUT2D eigenvalue weighted by Crippen LogP contribution is 2.51. The van der Waals surface area contributed by atoms with Crippen LogP contribution in [0.25, 0.3) is 0 Å². The van der Waals surface area contributed by atoms with Crippen LogP contribution in [0.3, 0.4) is 0 Å². The molecule has 5 rings (SSSR count). The molecular weight excluding hydrogens is 851 g/mol. The molecule has 66 heavy (non-hydrogen) atoms. The number of esters is 1. The molecular formula is C51H89NO14. The second-order valence-corrected chi connectivity index (χ2v) is 22.1. The van der Waals surface area contributed by atoms with Crippen molar-refractivity contribution in [1.29, 1.82) is 0 Å². The molecule has 15 heteroatoms. The Morgan fingerprint density at radius 1 is 0.879 bits per heavy atom. The minimum absolute atomic E-state index is 0.133. The number of hydrogen-bond acceptors (Lipinski definition) is 15. The van der Waals surface area contributed by atoms with E-state index in [1.165, 1.54) is 20.8 Å². The first-order chi connectivity index (χ1) is 30.8. The molecule has 382 valence electrons. The van der Waals surface area contributed by atoms with Gasteiger partial charge < -0.3 is 68.7 Å². The first-order valence-electron chi connectivity index (χ1n) is 25.1. The summed E-state index contributed by atoms with van der Waals surface area (Å²) in [5.41, 5.74) is -4.28. The van der Waals surface area contributed by atoms with E-state index >= 15 is 0 Å². The Bertz CT molecular complexity index is 1600. The van der Waals surface area contributed by atoms with Gasteiger partial charge in [-0.05, 0) is 118 Å². The SMILES string of the molecule is CC[C@H](O)C[C@@H]1O[C@]2(CC[C@@H]1C)C[C@@H]1OC(=O)/C=C/[C@](C)(O)[C@H](O)[C@@H](C)[C@H](O)[C@H](O[C@H]3CC[C@@H](N(C)C)[C@H](C)O3)[C@@H](O)[C@@](C)(O)CCCCC/C=C/[C@H]3CC(C)(C)O[C@]3(OC)C[C@H](O2)[C@H]1C. The normalized spacial score (nSPS) is 47.3. The van der Waals surface area contributed by atoms with Crippen molar-refractivity contribution in [2.45, 2.75) is 248 Å². The molecule has 4 saturated heterocycles. The lowest BCUT2D eigenvalue weighted by Gasteiger charge is -2.53. The molecule has 6 N–H and O–H groups in total. The van der Waals surface area contributed by atoms with Gasteiger partial charge in [0.05, 0.1) is 47.8 Å². The molecule has 0 radical (unpaired) electrons. The largest absolute Gasteiger partial charge is 0.459 e. The van der Waals surface area contributed by atoms with Crippen molar-refractivity contribution in [3.8, 4) is 0 Å². The Balaban J connectivity index is 1.48. The van der Waals surface area contributed by atoms with Crippen LogP contribution in [0.1, 0.15) is 152 Å². The first-order valence-corrected chi connectivity index (χ1v) is 25.1. The lowest BCUT2D eigenvalue weighted by molar-refractivity contribution is -0.360. The molecule has 0 amide bonds. The van der Waals surface area contributed by atoms with Gasteiger partial charge in [0.15, 0.2) is 17.9 Å². The third kappa shape index (κ3) is 13.4. The number of likely N-dealkylation sites (N-methyl/N-ethyl adjacent to an activating group) is 1. The lowest BCUT2D eigenvalue weighted by Crippen LogP contribution is -2.59. The fourth-order valence-electron chi connectivity index (χ4n) is 11.3. The van der Waals surface area contributed by atoms with Crippen molar-refractivity contribution < 1.29 is 68.6 Å². The van der Waals surface area contributed by atoms with Crippen molar-refractivity contribution in [3.05, 3.63) is 24.3 Å². The molecule has 0 unspecified atom stereocenters. The summed E-state index contributed by atoms with van der Waals surface area (Å²) in [4.78, 5) is 16.0. The smallest absolute Gasteiger partial charge is 0.330 e. The van der Waals surface area contributed by atoms with Crippen molar-refractivity contribution in [2.24, 2.45) is 23.7 Å². The van der Waals surface area contributed by atoms with Crippen LogP contribution in [0, 0.1) is 23.7 Å². The number of rotatable bonds is 7. The van der Waals surface area contributed by atoms with E-state index < -0.39 is 89.3 Å². The highest BCUT2D eigenvalue weighted by atomic mass is 16.7. The van der Waals surface area contributed by atoms with E-state index in [4.69, 9.17) is 33.2 Å². The molecule has 4 fully saturated rings. The Labute approximate surface area is 395 Å². The Hall–Kier alpha value is -1.57. The molecule has 0 aromatic rings. The summed E-state index contributed by atoms with van der Waals surface area (Å²) in [6.07, 6.45) is 5.13. The maximum atomic E-state index is 13.9. The molecule has 0 saturated carbocycles. The number of carbonyl (C=O) groups is 1. The molecule has 0 aliphatic carbocycles. The van der Waals surface area contributed by atoms with E-state index in [0.717, 1.165) is 44.3 Å². The van der Waals surface area contributed by atoms with Crippen LogP contribution in [0.15, 0.2) is 24.3 Å². The van der Waals surface area contributed by atoms with Crippen LogP contribution in [0.5, 0.6) is 0 Å². The Morgan fingerprint density at radius 2 is 1.59 bits per heavy atom. The fourth-order valence-corrected chi connectivity index (χ4v) is 11.3. The van der Waals surface area contributed by atoms with Crippen LogP contribution in [-0.2, 0) is 38.0 Å². The topological polar surface area (TPSA) is 206 Å². The number of allylic oxidation sites excluding steroid dienone is 1. The number of aliphatic hydroxyl groups excluding tert-OH is 4. The molecule has 5 aliphatic heterocycles. The van der Waals surface area contributed by atoms with Gasteiger partial charge in [-0.1, -0.05) is 52.7 Å². The van der Waals surface area contributed by atoms with Crippen molar-refractivity contribution in [3.63, 3.8) is 0 Å². The third-order valence-corrected chi connectivity index (χ3v) is 15.8. The van der Waals surface area contributed by atoms with Gasteiger partial charge in [0.1, 0.15) is 23.9 Å². The molecule has 15 nitrogen and oxygen atoms in total. The number of carbonyl (C=O) groups excluding carboxylic acids is 1. The number of fused-ring (bicyclic) bond motifs is 3. The van der Waals surface area contributed by atoms with Gasteiger partial charge in [-0.3, -0.25) is 0 Å². The van der Waals surface area contributed by atoms with E-state index in [1.54, 1.807) is 7.11 Å². The quantitative estimate of drug-likeness (QED) is 0.134. The van der Waals surface area contributed by atoms with Gasteiger partial charge in [-0.2, -0.15) is 0 Å². The number of hydrogen-bond donors (Lipinski definition) is 6. The summed E-state index contributed by atoms with van der Waals surface area (Å²) in [6, 6.07) is 0.133. The van der Waals surface area contributed by atoms with Gasteiger partial charge >= 0.3 is 5.97 Å². The van der Waals surface area contributed by atoms with Crippen LogP contribution >= 0.6 is 0 Å². The molecule has 1 spiro atoms. The van der Waals surface area contributed by atoms with Crippen molar-refractivity contribution in [2.75, 3.05) is 21.2 Å². The van der Waals surface area contributed by atoms with E-state index in [2.05, 4.69) is 37.8 Å². The maximum absolute atomic E-state index is 13.9. The van der Waals surface area contributed by atoms with E-state index in [0.29, 0.717) is 44.9 Å². The average molecular weight is 940 g/mol.